The molecule has 0 spiro atoms. The van der Waals surface area contributed by atoms with Crippen LogP contribution in [0.15, 0.2) is 36.7 Å². The minimum atomic E-state index is -0.182. The molecule has 1 aromatic carbocycles. The van der Waals surface area contributed by atoms with E-state index in [-0.39, 0.29) is 17.7 Å². The van der Waals surface area contributed by atoms with E-state index in [0.717, 1.165) is 23.4 Å². The smallest absolute Gasteiger partial charge is 0.227 e. The third kappa shape index (κ3) is 5.69. The van der Waals surface area contributed by atoms with Crippen LogP contribution in [-0.4, -0.2) is 37.8 Å². The molecule has 0 aliphatic carbocycles. The van der Waals surface area contributed by atoms with Gasteiger partial charge in [0.2, 0.25) is 5.95 Å². The second-order valence-corrected chi connectivity index (χ2v) is 8.83. The van der Waals surface area contributed by atoms with E-state index in [0.29, 0.717) is 19.1 Å². The quantitative estimate of drug-likeness (QED) is 0.515. The SMILES string of the molecule is CC[C@H](COC(C)(C)C)Nc1nc(NCc2ccccc2)c2ncn(C(C)C)c2n1. The average molecular weight is 411 g/mol. The van der Waals surface area contributed by atoms with E-state index in [9.17, 15) is 0 Å². The molecule has 0 amide bonds. The summed E-state index contributed by atoms with van der Waals surface area (Å²) >= 11 is 0. The Balaban J connectivity index is 1.88. The highest BCUT2D eigenvalue weighted by Gasteiger charge is 2.18. The molecule has 7 heteroatoms. The molecule has 0 unspecified atom stereocenters. The van der Waals surface area contributed by atoms with Gasteiger partial charge in [-0.1, -0.05) is 37.3 Å². The number of nitrogens with one attached hydrogen (secondary N) is 2. The van der Waals surface area contributed by atoms with Gasteiger partial charge >= 0.3 is 0 Å². The first-order valence-electron chi connectivity index (χ1n) is 10.7. The molecule has 30 heavy (non-hydrogen) atoms. The number of rotatable bonds is 9. The number of ether oxygens (including phenoxy) is 1. The van der Waals surface area contributed by atoms with Crippen molar-refractivity contribution in [3.63, 3.8) is 0 Å². The molecule has 0 aliphatic heterocycles. The largest absolute Gasteiger partial charge is 0.374 e. The van der Waals surface area contributed by atoms with E-state index >= 15 is 0 Å². The zero-order valence-electron chi connectivity index (χ0n) is 18.9. The van der Waals surface area contributed by atoms with Crippen molar-refractivity contribution in [1.29, 1.82) is 0 Å². The zero-order valence-corrected chi connectivity index (χ0v) is 18.9. The molecule has 0 saturated heterocycles. The number of hydrogen-bond donors (Lipinski definition) is 2. The monoisotopic (exact) mass is 410 g/mol. The van der Waals surface area contributed by atoms with Crippen LogP contribution in [0.3, 0.4) is 0 Å². The fourth-order valence-corrected chi connectivity index (χ4v) is 3.06. The lowest BCUT2D eigenvalue weighted by molar-refractivity contribution is -0.00800. The lowest BCUT2D eigenvalue weighted by Crippen LogP contribution is -2.31. The maximum Gasteiger partial charge on any atom is 0.227 e. The third-order valence-electron chi connectivity index (χ3n) is 4.82. The highest BCUT2D eigenvalue weighted by Crippen LogP contribution is 2.24. The van der Waals surface area contributed by atoms with E-state index in [4.69, 9.17) is 14.7 Å². The molecule has 2 N–H and O–H groups in total. The van der Waals surface area contributed by atoms with E-state index < -0.39 is 0 Å². The summed E-state index contributed by atoms with van der Waals surface area (Å²) < 4.78 is 8.05. The van der Waals surface area contributed by atoms with Gasteiger partial charge in [-0.05, 0) is 46.6 Å². The predicted octanol–water partition coefficient (Wildman–Crippen LogP) is 5.02. The number of hydrogen-bond acceptors (Lipinski definition) is 6. The normalized spacial score (nSPS) is 13.0. The summed E-state index contributed by atoms with van der Waals surface area (Å²) in [6.45, 7) is 13.8. The first kappa shape index (κ1) is 22.0. The average Bonchev–Trinajstić information content (AvgIpc) is 3.13. The molecule has 0 saturated carbocycles. The van der Waals surface area contributed by atoms with Crippen molar-refractivity contribution in [3.8, 4) is 0 Å². The summed E-state index contributed by atoms with van der Waals surface area (Å²) in [4.78, 5) is 14.1. The lowest BCUT2D eigenvalue weighted by atomic mass is 10.2. The summed E-state index contributed by atoms with van der Waals surface area (Å²) in [6.07, 6.45) is 2.75. The highest BCUT2D eigenvalue weighted by molar-refractivity contribution is 5.84. The summed E-state index contributed by atoms with van der Waals surface area (Å²) in [5.74, 6) is 1.32. The van der Waals surface area contributed by atoms with Gasteiger partial charge in [0.15, 0.2) is 17.0 Å². The third-order valence-corrected chi connectivity index (χ3v) is 4.82. The maximum atomic E-state index is 5.97. The van der Waals surface area contributed by atoms with E-state index in [1.807, 2.05) is 24.5 Å². The molecule has 3 aromatic rings. The van der Waals surface area contributed by atoms with Crippen molar-refractivity contribution in [2.75, 3.05) is 17.2 Å². The molecule has 0 radical (unpaired) electrons. The molecule has 3 rings (SSSR count). The van der Waals surface area contributed by atoms with Gasteiger partial charge in [0.1, 0.15) is 0 Å². The summed E-state index contributed by atoms with van der Waals surface area (Å²) in [5, 5.41) is 6.91. The van der Waals surface area contributed by atoms with Crippen LogP contribution in [0.4, 0.5) is 11.8 Å². The first-order chi connectivity index (χ1) is 14.3. The van der Waals surface area contributed by atoms with E-state index in [2.05, 4.69) is 73.9 Å². The molecule has 2 heterocycles. The highest BCUT2D eigenvalue weighted by atomic mass is 16.5. The second kappa shape index (κ2) is 9.43. The van der Waals surface area contributed by atoms with Crippen molar-refractivity contribution in [1.82, 2.24) is 19.5 Å². The van der Waals surface area contributed by atoms with Crippen LogP contribution in [-0.2, 0) is 11.3 Å². The Kier molecular flexibility index (Phi) is 6.92. The molecule has 1 atom stereocenters. The van der Waals surface area contributed by atoms with Crippen molar-refractivity contribution >= 4 is 22.9 Å². The van der Waals surface area contributed by atoms with Gasteiger partial charge < -0.3 is 19.9 Å². The molecule has 162 valence electrons. The number of imidazole rings is 1. The molecule has 0 fully saturated rings. The van der Waals surface area contributed by atoms with Crippen LogP contribution in [0.5, 0.6) is 0 Å². The predicted molar refractivity (Wildman–Crippen MR) is 123 cm³/mol. The minimum Gasteiger partial charge on any atom is -0.374 e. The summed E-state index contributed by atoms with van der Waals surface area (Å²) in [7, 11) is 0. The van der Waals surface area contributed by atoms with Crippen LogP contribution in [0, 0.1) is 0 Å². The number of benzene rings is 1. The topological polar surface area (TPSA) is 76.9 Å². The van der Waals surface area contributed by atoms with Gasteiger partial charge in [-0.15, -0.1) is 0 Å². The van der Waals surface area contributed by atoms with Gasteiger partial charge in [-0.3, -0.25) is 0 Å². The zero-order chi connectivity index (χ0) is 21.7. The number of anilines is 2. The molecule has 0 bridgehead atoms. The Hall–Kier alpha value is -2.67. The van der Waals surface area contributed by atoms with Gasteiger partial charge in [0, 0.05) is 12.6 Å². The van der Waals surface area contributed by atoms with Crippen molar-refractivity contribution in [3.05, 3.63) is 42.2 Å². The Labute approximate surface area is 179 Å². The molecule has 0 aliphatic rings. The fraction of sp³-hybridized carbons (Fsp3) is 0.522. The number of fused-ring (bicyclic) bond motifs is 1. The Bertz CT molecular complexity index is 945. The molecule has 7 nitrogen and oxygen atoms in total. The standard InChI is InChI=1S/C23H34N6O/c1-7-18(14-30-23(4,5)6)26-22-27-20(24-13-17-11-9-8-10-12-17)19-21(28-22)29(15-25-19)16(2)3/h8-12,15-16,18H,7,13-14H2,1-6H3,(H2,24,26,27,28)/t18-/m1/s1. The molecular weight excluding hydrogens is 376 g/mol. The first-order valence-corrected chi connectivity index (χ1v) is 10.7. The van der Waals surface area contributed by atoms with Crippen molar-refractivity contribution in [2.45, 2.75) is 72.2 Å². The summed E-state index contributed by atoms with van der Waals surface area (Å²) in [5.41, 5.74) is 2.61. The van der Waals surface area contributed by atoms with Gasteiger partial charge in [0.05, 0.1) is 24.6 Å². The van der Waals surface area contributed by atoms with Gasteiger partial charge in [-0.25, -0.2) is 4.98 Å². The van der Waals surface area contributed by atoms with Crippen molar-refractivity contribution < 1.29 is 4.74 Å². The maximum absolute atomic E-state index is 5.97. The minimum absolute atomic E-state index is 0.124. The lowest BCUT2D eigenvalue weighted by Gasteiger charge is -2.24. The Morgan fingerprint density at radius 2 is 1.83 bits per heavy atom. The van der Waals surface area contributed by atoms with Gasteiger partial charge in [0.25, 0.3) is 0 Å². The van der Waals surface area contributed by atoms with Crippen LogP contribution in [0.2, 0.25) is 0 Å². The van der Waals surface area contributed by atoms with E-state index in [1.165, 1.54) is 5.56 Å². The molecule has 2 aromatic heterocycles. The Morgan fingerprint density at radius 3 is 2.47 bits per heavy atom. The van der Waals surface area contributed by atoms with E-state index in [1.54, 1.807) is 0 Å². The number of aromatic nitrogens is 4. The molecular formula is C23H34N6O. The second-order valence-electron chi connectivity index (χ2n) is 8.83. The summed E-state index contributed by atoms with van der Waals surface area (Å²) in [6, 6.07) is 10.7. The van der Waals surface area contributed by atoms with Crippen LogP contribution in [0.25, 0.3) is 11.2 Å². The van der Waals surface area contributed by atoms with Crippen LogP contribution in [0.1, 0.15) is 59.6 Å². The van der Waals surface area contributed by atoms with Crippen LogP contribution >= 0.6 is 0 Å². The van der Waals surface area contributed by atoms with Gasteiger partial charge in [-0.2, -0.15) is 9.97 Å². The fourth-order valence-electron chi connectivity index (χ4n) is 3.06. The number of nitrogens with zero attached hydrogens (tertiary/aromatic N) is 4. The van der Waals surface area contributed by atoms with Crippen LogP contribution < -0.4 is 10.6 Å². The Morgan fingerprint density at radius 1 is 1.10 bits per heavy atom. The van der Waals surface area contributed by atoms with Crippen molar-refractivity contribution in [2.24, 2.45) is 0 Å².